The molecule has 0 aliphatic carbocycles. The lowest BCUT2D eigenvalue weighted by molar-refractivity contribution is -0.125. The summed E-state index contributed by atoms with van der Waals surface area (Å²) in [5.74, 6) is -0.150. The summed E-state index contributed by atoms with van der Waals surface area (Å²) in [6, 6.07) is 5.41. The molecule has 2 heterocycles. The first-order valence-electron chi connectivity index (χ1n) is 7.59. The molecule has 7 heteroatoms. The highest BCUT2D eigenvalue weighted by Crippen LogP contribution is 2.56. The molecule has 1 aromatic carbocycles. The Morgan fingerprint density at radius 2 is 2.35 bits per heavy atom. The number of carbonyl (C=O) groups is 2. The number of hydrogen-bond donors (Lipinski definition) is 1. The van der Waals surface area contributed by atoms with Gasteiger partial charge in [-0.1, -0.05) is 23.4 Å². The largest absolute Gasteiger partial charge is 0.385 e. The Morgan fingerprint density at radius 1 is 1.57 bits per heavy atom. The monoisotopic (exact) mass is 354 g/mol. The van der Waals surface area contributed by atoms with Gasteiger partial charge in [0.05, 0.1) is 5.69 Å². The minimum atomic E-state index is -0.884. The highest BCUT2D eigenvalue weighted by molar-refractivity contribution is 8.02. The van der Waals surface area contributed by atoms with E-state index >= 15 is 0 Å². The van der Waals surface area contributed by atoms with Gasteiger partial charge >= 0.3 is 0 Å². The molecule has 0 unspecified atom stereocenters. The van der Waals surface area contributed by atoms with Crippen molar-refractivity contribution in [2.45, 2.75) is 42.0 Å². The summed E-state index contributed by atoms with van der Waals surface area (Å²) in [6.07, 6.45) is 1.61. The molecule has 23 heavy (non-hydrogen) atoms. The average molecular weight is 355 g/mol. The van der Waals surface area contributed by atoms with E-state index in [2.05, 4.69) is 5.32 Å². The van der Waals surface area contributed by atoms with E-state index in [1.54, 1.807) is 24.1 Å². The number of hydrogen-bond acceptors (Lipinski definition) is 4. The zero-order valence-electron chi connectivity index (χ0n) is 13.1. The lowest BCUT2D eigenvalue weighted by Crippen LogP contribution is -2.54. The Morgan fingerprint density at radius 3 is 3.09 bits per heavy atom. The number of rotatable bonds is 5. The van der Waals surface area contributed by atoms with Crippen molar-refractivity contribution in [2.24, 2.45) is 0 Å². The number of benzene rings is 1. The molecule has 1 fully saturated rings. The van der Waals surface area contributed by atoms with Crippen LogP contribution in [0.2, 0.25) is 5.02 Å². The molecule has 124 valence electrons. The van der Waals surface area contributed by atoms with Crippen LogP contribution in [0.3, 0.4) is 0 Å². The quantitative estimate of drug-likeness (QED) is 0.883. The van der Waals surface area contributed by atoms with Gasteiger partial charge in [-0.2, -0.15) is 0 Å². The molecular formula is C16H19ClN2O3S. The minimum absolute atomic E-state index is 0.0118. The molecule has 2 amide bonds. The van der Waals surface area contributed by atoms with Gasteiger partial charge in [0.25, 0.3) is 5.91 Å². The molecule has 3 rings (SSSR count). The zero-order valence-corrected chi connectivity index (χ0v) is 14.7. The van der Waals surface area contributed by atoms with Crippen LogP contribution in [-0.2, 0) is 14.3 Å². The van der Waals surface area contributed by atoms with Gasteiger partial charge in [-0.05, 0) is 38.0 Å². The average Bonchev–Trinajstić information content (AvgIpc) is 3.01. The summed E-state index contributed by atoms with van der Waals surface area (Å²) >= 11 is 7.51. The van der Waals surface area contributed by atoms with E-state index < -0.39 is 4.87 Å². The molecule has 0 saturated carbocycles. The van der Waals surface area contributed by atoms with Crippen LogP contribution in [0.25, 0.3) is 0 Å². The lowest BCUT2D eigenvalue weighted by Gasteiger charge is -2.31. The molecule has 0 aromatic heterocycles. The van der Waals surface area contributed by atoms with Gasteiger partial charge in [-0.15, -0.1) is 0 Å². The highest BCUT2D eigenvalue weighted by Gasteiger charge is 2.57. The first-order valence-corrected chi connectivity index (χ1v) is 8.79. The maximum Gasteiger partial charge on any atom is 0.257 e. The van der Waals surface area contributed by atoms with Crippen LogP contribution >= 0.6 is 23.4 Å². The van der Waals surface area contributed by atoms with Crippen molar-refractivity contribution in [3.8, 4) is 0 Å². The Bertz CT molecular complexity index is 654. The number of nitrogens with one attached hydrogen (secondary N) is 1. The summed E-state index contributed by atoms with van der Waals surface area (Å²) in [4.78, 5) is 26.9. The lowest BCUT2D eigenvalue weighted by atomic mass is 10.1. The molecule has 2 aliphatic rings. The van der Waals surface area contributed by atoms with Crippen molar-refractivity contribution < 1.29 is 14.3 Å². The number of methoxy groups -OCH3 is 1. The van der Waals surface area contributed by atoms with Crippen LogP contribution in [0.5, 0.6) is 0 Å². The Hall–Kier alpha value is -1.24. The van der Waals surface area contributed by atoms with Crippen molar-refractivity contribution in [2.75, 3.05) is 18.6 Å². The summed E-state index contributed by atoms with van der Waals surface area (Å²) in [7, 11) is 1.64. The molecule has 0 bridgehead atoms. The fraction of sp³-hybridized carbons (Fsp3) is 0.500. The maximum atomic E-state index is 12.9. The van der Waals surface area contributed by atoms with Crippen molar-refractivity contribution >= 4 is 40.9 Å². The van der Waals surface area contributed by atoms with Crippen molar-refractivity contribution in [3.05, 3.63) is 23.2 Å². The second kappa shape index (κ2) is 6.34. The molecule has 0 spiro atoms. The third-order valence-corrected chi connectivity index (χ3v) is 5.93. The van der Waals surface area contributed by atoms with Crippen LogP contribution < -0.4 is 10.2 Å². The molecule has 5 nitrogen and oxygen atoms in total. The molecule has 2 aliphatic heterocycles. The summed E-state index contributed by atoms with van der Waals surface area (Å²) in [5.41, 5.74) is 0.740. The molecular weight excluding hydrogens is 336 g/mol. The predicted octanol–water partition coefficient (Wildman–Crippen LogP) is 2.81. The van der Waals surface area contributed by atoms with Crippen LogP contribution in [0, 0.1) is 0 Å². The Kier molecular flexibility index (Phi) is 4.58. The van der Waals surface area contributed by atoms with Crippen molar-refractivity contribution in [1.82, 2.24) is 5.32 Å². The van der Waals surface area contributed by atoms with E-state index in [-0.39, 0.29) is 17.9 Å². The van der Waals surface area contributed by atoms with Gasteiger partial charge in [0.15, 0.2) is 4.87 Å². The van der Waals surface area contributed by atoms with Crippen LogP contribution in [-0.4, -0.2) is 36.4 Å². The molecule has 1 N–H and O–H groups in total. The van der Waals surface area contributed by atoms with Gasteiger partial charge in [-0.3, -0.25) is 14.5 Å². The first-order chi connectivity index (χ1) is 11.0. The van der Waals surface area contributed by atoms with Crippen molar-refractivity contribution in [3.63, 3.8) is 0 Å². The third kappa shape index (κ3) is 2.84. The van der Waals surface area contributed by atoms with Crippen LogP contribution in [0.15, 0.2) is 23.1 Å². The number of anilines is 1. The molecule has 0 radical (unpaired) electrons. The maximum absolute atomic E-state index is 12.9. The summed E-state index contributed by atoms with van der Waals surface area (Å²) < 4.78 is 5.05. The fourth-order valence-corrected chi connectivity index (χ4v) is 4.59. The predicted molar refractivity (Wildman–Crippen MR) is 90.9 cm³/mol. The Balaban J connectivity index is 1.86. The number of nitrogens with zero attached hydrogens (tertiary/aromatic N) is 1. The van der Waals surface area contributed by atoms with Gasteiger partial charge < -0.3 is 10.1 Å². The van der Waals surface area contributed by atoms with Crippen molar-refractivity contribution in [1.29, 1.82) is 0 Å². The van der Waals surface area contributed by atoms with Gasteiger partial charge in [0, 0.05) is 36.1 Å². The van der Waals surface area contributed by atoms with E-state index in [4.69, 9.17) is 16.3 Å². The summed E-state index contributed by atoms with van der Waals surface area (Å²) in [6.45, 7) is 2.53. The van der Waals surface area contributed by atoms with E-state index in [1.807, 2.05) is 13.0 Å². The van der Waals surface area contributed by atoms with Gasteiger partial charge in [-0.25, -0.2) is 0 Å². The summed E-state index contributed by atoms with van der Waals surface area (Å²) in [5, 5.41) is 3.59. The number of carbonyl (C=O) groups excluding carboxylic acids is 2. The van der Waals surface area contributed by atoms with Crippen LogP contribution in [0.4, 0.5) is 5.69 Å². The van der Waals surface area contributed by atoms with E-state index in [9.17, 15) is 9.59 Å². The number of ether oxygens (including phenoxy) is 1. The SMILES string of the molecule is COCC[C@@H](C)NC(=O)[C@@]12CCC(=O)N1c1cc(Cl)ccc1S2. The number of fused-ring (bicyclic) bond motifs is 3. The fourth-order valence-electron chi connectivity index (χ4n) is 3.03. The normalized spacial score (nSPS) is 23.6. The highest BCUT2D eigenvalue weighted by atomic mass is 35.5. The van der Waals surface area contributed by atoms with Gasteiger partial charge in [0.1, 0.15) is 0 Å². The first kappa shape index (κ1) is 16.6. The van der Waals surface area contributed by atoms with E-state index in [0.717, 1.165) is 17.0 Å². The number of halogens is 1. The van der Waals surface area contributed by atoms with Gasteiger partial charge in [0.2, 0.25) is 5.91 Å². The molecule has 2 atom stereocenters. The second-order valence-electron chi connectivity index (χ2n) is 5.88. The number of thioether (sulfide) groups is 1. The molecule has 1 aromatic rings. The third-order valence-electron chi connectivity index (χ3n) is 4.22. The Labute approximate surface area is 144 Å². The number of amides is 2. The topological polar surface area (TPSA) is 58.6 Å². The molecule has 1 saturated heterocycles. The van der Waals surface area contributed by atoms with E-state index in [1.165, 1.54) is 11.8 Å². The van der Waals surface area contributed by atoms with E-state index in [0.29, 0.717) is 24.5 Å². The van der Waals surface area contributed by atoms with Crippen LogP contribution in [0.1, 0.15) is 26.2 Å². The minimum Gasteiger partial charge on any atom is -0.385 e. The smallest absolute Gasteiger partial charge is 0.257 e. The zero-order chi connectivity index (χ0) is 16.6. The second-order valence-corrected chi connectivity index (χ2v) is 7.64. The standard InChI is InChI=1S/C16H19ClN2O3S/c1-10(6-8-22-2)18-15(21)16-7-5-14(20)19(16)12-9-11(17)3-4-13(12)23-16/h3-4,9-10H,5-8H2,1-2H3,(H,18,21)/t10-,16+/m1/s1.